The van der Waals surface area contributed by atoms with E-state index in [4.69, 9.17) is 10.4 Å². The molecule has 1 rings (SSSR count). The van der Waals surface area contributed by atoms with Crippen LogP contribution < -0.4 is 0 Å². The van der Waals surface area contributed by atoms with Crippen LogP contribution in [0.5, 0.6) is 0 Å². The van der Waals surface area contributed by atoms with E-state index < -0.39 is 28.7 Å². The van der Waals surface area contributed by atoms with Crippen LogP contribution in [0.4, 0.5) is 8.78 Å². The average molecular weight is 209 g/mol. The summed E-state index contributed by atoms with van der Waals surface area (Å²) in [6.07, 6.45) is 0.660. The molecule has 0 saturated heterocycles. The summed E-state index contributed by atoms with van der Waals surface area (Å²) in [4.78, 5) is 10.4. The lowest BCUT2D eigenvalue weighted by atomic mass is 10.1. The SMILES string of the molecule is N#C/C(=C\c1c(F)cccc1F)C(=O)O. The van der Waals surface area contributed by atoms with Crippen molar-refractivity contribution < 1.29 is 18.7 Å². The molecule has 76 valence electrons. The zero-order valence-corrected chi connectivity index (χ0v) is 7.37. The summed E-state index contributed by atoms with van der Waals surface area (Å²) in [5, 5.41) is 16.9. The van der Waals surface area contributed by atoms with Crippen LogP contribution in [0.15, 0.2) is 23.8 Å². The first-order chi connectivity index (χ1) is 7.06. The molecule has 0 unspecified atom stereocenters. The highest BCUT2D eigenvalue weighted by Crippen LogP contribution is 2.15. The quantitative estimate of drug-likeness (QED) is 0.598. The van der Waals surface area contributed by atoms with E-state index in [0.717, 1.165) is 18.2 Å². The van der Waals surface area contributed by atoms with Gasteiger partial charge in [0.05, 0.1) is 0 Å². The standard InChI is InChI=1S/C10H5F2NO2/c11-8-2-1-3-9(12)7(8)4-6(5-13)10(14)15/h1-4H,(H,14,15)/b6-4+. The average Bonchev–Trinajstić information content (AvgIpc) is 2.17. The van der Waals surface area contributed by atoms with Gasteiger partial charge in [0.2, 0.25) is 0 Å². The molecule has 0 aromatic heterocycles. The van der Waals surface area contributed by atoms with Gasteiger partial charge in [0.15, 0.2) is 0 Å². The van der Waals surface area contributed by atoms with Crippen molar-refractivity contribution in [2.45, 2.75) is 0 Å². The lowest BCUT2D eigenvalue weighted by molar-refractivity contribution is -0.132. The van der Waals surface area contributed by atoms with Gasteiger partial charge < -0.3 is 5.11 Å². The van der Waals surface area contributed by atoms with Crippen LogP contribution in [0.2, 0.25) is 0 Å². The van der Waals surface area contributed by atoms with Crippen LogP contribution in [0.3, 0.4) is 0 Å². The Morgan fingerprint density at radius 2 is 1.93 bits per heavy atom. The van der Waals surface area contributed by atoms with Gasteiger partial charge in [0, 0.05) is 5.56 Å². The molecule has 1 N–H and O–H groups in total. The highest BCUT2D eigenvalue weighted by atomic mass is 19.1. The first-order valence-corrected chi connectivity index (χ1v) is 3.85. The zero-order chi connectivity index (χ0) is 11.4. The molecule has 0 spiro atoms. The molecule has 0 atom stereocenters. The van der Waals surface area contributed by atoms with Crippen LogP contribution in [0.1, 0.15) is 5.56 Å². The number of rotatable bonds is 2. The van der Waals surface area contributed by atoms with E-state index in [1.165, 1.54) is 6.07 Å². The van der Waals surface area contributed by atoms with Crippen molar-refractivity contribution in [1.29, 1.82) is 5.26 Å². The van der Waals surface area contributed by atoms with E-state index in [2.05, 4.69) is 0 Å². The van der Waals surface area contributed by atoms with Crippen LogP contribution >= 0.6 is 0 Å². The number of benzene rings is 1. The monoisotopic (exact) mass is 209 g/mol. The molecular formula is C10H5F2NO2. The highest BCUT2D eigenvalue weighted by Gasteiger charge is 2.11. The van der Waals surface area contributed by atoms with Crippen molar-refractivity contribution in [3.8, 4) is 6.07 Å². The zero-order valence-electron chi connectivity index (χ0n) is 7.37. The number of hydrogen-bond acceptors (Lipinski definition) is 2. The van der Waals surface area contributed by atoms with E-state index >= 15 is 0 Å². The van der Waals surface area contributed by atoms with Gasteiger partial charge in [0.25, 0.3) is 0 Å². The fourth-order valence-corrected chi connectivity index (χ4v) is 0.935. The second-order valence-corrected chi connectivity index (χ2v) is 2.61. The predicted molar refractivity (Wildman–Crippen MR) is 47.6 cm³/mol. The van der Waals surface area contributed by atoms with Gasteiger partial charge in [-0.15, -0.1) is 0 Å². The van der Waals surface area contributed by atoms with Gasteiger partial charge in [-0.2, -0.15) is 5.26 Å². The molecule has 0 aliphatic heterocycles. The van der Waals surface area contributed by atoms with Gasteiger partial charge >= 0.3 is 5.97 Å². The minimum absolute atomic E-state index is 0.531. The van der Waals surface area contributed by atoms with Gasteiger partial charge in [-0.1, -0.05) is 6.07 Å². The number of halogens is 2. The van der Waals surface area contributed by atoms with E-state index in [9.17, 15) is 13.6 Å². The van der Waals surface area contributed by atoms with Gasteiger partial charge in [-0.3, -0.25) is 0 Å². The minimum Gasteiger partial charge on any atom is -0.477 e. The lowest BCUT2D eigenvalue weighted by Gasteiger charge is -1.98. The Morgan fingerprint density at radius 1 is 1.40 bits per heavy atom. The molecule has 0 aliphatic rings. The number of carbonyl (C=O) groups is 1. The molecule has 5 heteroatoms. The van der Waals surface area contributed by atoms with Crippen LogP contribution in [-0.4, -0.2) is 11.1 Å². The summed E-state index contributed by atoms with van der Waals surface area (Å²) in [6, 6.07) is 4.44. The van der Waals surface area contributed by atoms with Crippen molar-refractivity contribution >= 4 is 12.0 Å². The third kappa shape index (κ3) is 2.38. The maximum atomic E-state index is 13.0. The van der Waals surface area contributed by atoms with E-state index in [1.54, 1.807) is 0 Å². The first-order valence-electron chi connectivity index (χ1n) is 3.85. The van der Waals surface area contributed by atoms with Crippen molar-refractivity contribution in [2.24, 2.45) is 0 Å². The molecule has 1 aromatic rings. The lowest BCUT2D eigenvalue weighted by Crippen LogP contribution is -1.99. The summed E-state index contributed by atoms with van der Waals surface area (Å²) < 4.78 is 26.0. The molecule has 0 radical (unpaired) electrons. The number of nitrogens with zero attached hydrogens (tertiary/aromatic N) is 1. The molecule has 0 fully saturated rings. The Balaban J connectivity index is 3.30. The first kappa shape index (κ1) is 10.9. The fraction of sp³-hybridized carbons (Fsp3) is 0. The Hall–Kier alpha value is -2.22. The van der Waals surface area contributed by atoms with Crippen LogP contribution in [0.25, 0.3) is 6.08 Å². The minimum atomic E-state index is -1.53. The van der Waals surface area contributed by atoms with Gasteiger partial charge in [-0.05, 0) is 18.2 Å². The summed E-state index contributed by atoms with van der Waals surface area (Å²) in [5.74, 6) is -3.35. The molecule has 0 aliphatic carbocycles. The second kappa shape index (κ2) is 4.33. The van der Waals surface area contributed by atoms with Gasteiger partial charge in [0.1, 0.15) is 23.3 Å². The Labute approximate surface area is 83.9 Å². The fourth-order valence-electron chi connectivity index (χ4n) is 0.935. The van der Waals surface area contributed by atoms with Crippen molar-refractivity contribution in [2.75, 3.05) is 0 Å². The number of aliphatic carboxylic acids is 1. The Morgan fingerprint density at radius 3 is 2.33 bits per heavy atom. The van der Waals surface area contributed by atoms with E-state index in [0.29, 0.717) is 6.08 Å². The second-order valence-electron chi connectivity index (χ2n) is 2.61. The largest absolute Gasteiger partial charge is 0.477 e. The highest BCUT2D eigenvalue weighted by molar-refractivity contribution is 5.96. The third-order valence-corrected chi connectivity index (χ3v) is 1.64. The Bertz CT molecular complexity index is 455. The summed E-state index contributed by atoms with van der Waals surface area (Å²) in [5.41, 5.74) is -1.25. The maximum absolute atomic E-state index is 13.0. The topological polar surface area (TPSA) is 61.1 Å². The van der Waals surface area contributed by atoms with Crippen molar-refractivity contribution in [3.05, 3.63) is 41.0 Å². The number of hydrogen-bond donors (Lipinski definition) is 1. The molecule has 1 aromatic carbocycles. The van der Waals surface area contributed by atoms with Gasteiger partial charge in [-0.25, -0.2) is 13.6 Å². The molecule has 0 saturated carbocycles. The van der Waals surface area contributed by atoms with E-state index in [1.807, 2.05) is 0 Å². The molecule has 0 amide bonds. The maximum Gasteiger partial charge on any atom is 0.346 e. The molecule has 15 heavy (non-hydrogen) atoms. The van der Waals surface area contributed by atoms with Crippen LogP contribution in [0, 0.1) is 23.0 Å². The summed E-state index contributed by atoms with van der Waals surface area (Å²) in [6.45, 7) is 0. The normalized spacial score (nSPS) is 10.9. The summed E-state index contributed by atoms with van der Waals surface area (Å²) >= 11 is 0. The predicted octanol–water partition coefficient (Wildman–Crippen LogP) is 1.96. The smallest absolute Gasteiger partial charge is 0.346 e. The third-order valence-electron chi connectivity index (χ3n) is 1.64. The van der Waals surface area contributed by atoms with E-state index in [-0.39, 0.29) is 0 Å². The molecule has 3 nitrogen and oxygen atoms in total. The molecule has 0 bridgehead atoms. The van der Waals surface area contributed by atoms with Crippen LogP contribution in [-0.2, 0) is 4.79 Å². The Kier molecular flexibility index (Phi) is 3.13. The molecular weight excluding hydrogens is 204 g/mol. The summed E-state index contributed by atoms with van der Waals surface area (Å²) in [7, 11) is 0. The number of carboxylic acids is 1. The number of carboxylic acid groups (broad SMARTS) is 1. The number of nitriles is 1. The molecule has 0 heterocycles. The van der Waals surface area contributed by atoms with Crippen molar-refractivity contribution in [3.63, 3.8) is 0 Å². The van der Waals surface area contributed by atoms with Crippen molar-refractivity contribution in [1.82, 2.24) is 0 Å².